The molecule has 25 heavy (non-hydrogen) atoms. The van der Waals surface area contributed by atoms with Gasteiger partial charge in [-0.3, -0.25) is 4.79 Å². The van der Waals surface area contributed by atoms with Gasteiger partial charge in [0.15, 0.2) is 0 Å². The first kappa shape index (κ1) is 18.8. The highest BCUT2D eigenvalue weighted by molar-refractivity contribution is 5.81. The van der Waals surface area contributed by atoms with Crippen LogP contribution in [0.5, 0.6) is 0 Å². The minimum absolute atomic E-state index is 0.0351. The van der Waals surface area contributed by atoms with Gasteiger partial charge in [0.2, 0.25) is 0 Å². The maximum atomic E-state index is 14.2. The van der Waals surface area contributed by atoms with Gasteiger partial charge in [0, 0.05) is 11.6 Å². The Morgan fingerprint density at radius 1 is 1.16 bits per heavy atom. The lowest BCUT2D eigenvalue weighted by Crippen LogP contribution is -2.29. The van der Waals surface area contributed by atoms with Crippen LogP contribution >= 0.6 is 0 Å². The van der Waals surface area contributed by atoms with Gasteiger partial charge in [0.25, 0.3) is 0 Å². The van der Waals surface area contributed by atoms with Crippen molar-refractivity contribution in [1.82, 2.24) is 0 Å². The second-order valence-corrected chi connectivity index (χ2v) is 6.20. The van der Waals surface area contributed by atoms with E-state index in [9.17, 15) is 13.6 Å². The van der Waals surface area contributed by atoms with Crippen molar-refractivity contribution in [3.05, 3.63) is 76.9 Å². The lowest BCUT2D eigenvalue weighted by Gasteiger charge is -2.13. The Bertz CT molecular complexity index is 783. The van der Waals surface area contributed by atoms with Crippen molar-refractivity contribution in [2.75, 3.05) is 0 Å². The highest BCUT2D eigenvalue weighted by Gasteiger charge is 2.15. The van der Waals surface area contributed by atoms with Crippen LogP contribution in [0.15, 0.2) is 48.5 Å². The van der Waals surface area contributed by atoms with E-state index in [0.717, 1.165) is 11.6 Å². The number of halogens is 2. The largest absolute Gasteiger partial charge is 0.480 e. The zero-order valence-corrected chi connectivity index (χ0v) is 14.2. The molecule has 0 aliphatic carbocycles. The molecule has 5 heteroatoms. The van der Waals surface area contributed by atoms with Crippen molar-refractivity contribution in [1.29, 1.82) is 0 Å². The third-order valence-electron chi connectivity index (χ3n) is 4.00. The molecule has 0 heterocycles. The molecule has 0 spiro atoms. The van der Waals surface area contributed by atoms with Crippen molar-refractivity contribution in [2.24, 2.45) is 5.73 Å². The first-order valence-electron chi connectivity index (χ1n) is 8.04. The van der Waals surface area contributed by atoms with E-state index in [1.165, 1.54) is 12.1 Å². The van der Waals surface area contributed by atoms with Gasteiger partial charge >= 0.3 is 5.97 Å². The molecule has 2 aromatic carbocycles. The van der Waals surface area contributed by atoms with E-state index in [1.54, 1.807) is 6.08 Å². The summed E-state index contributed by atoms with van der Waals surface area (Å²) in [5.74, 6) is -2.16. The van der Waals surface area contributed by atoms with Crippen LogP contribution in [-0.2, 0) is 4.79 Å². The number of benzene rings is 2. The smallest absolute Gasteiger partial charge is 0.320 e. The molecule has 0 bridgehead atoms. The first-order chi connectivity index (χ1) is 11.8. The van der Waals surface area contributed by atoms with Gasteiger partial charge < -0.3 is 10.8 Å². The Labute approximate surface area is 145 Å². The average Bonchev–Trinajstić information content (AvgIpc) is 2.56. The monoisotopic (exact) mass is 345 g/mol. The Kier molecular flexibility index (Phi) is 6.04. The van der Waals surface area contributed by atoms with Gasteiger partial charge in [0.1, 0.15) is 17.7 Å². The number of rotatable bonds is 6. The molecule has 0 saturated carbocycles. The van der Waals surface area contributed by atoms with Gasteiger partial charge in [-0.2, -0.15) is 0 Å². The predicted molar refractivity (Wildman–Crippen MR) is 94.2 cm³/mol. The molecule has 1 atom stereocenters. The summed E-state index contributed by atoms with van der Waals surface area (Å²) in [7, 11) is 0. The summed E-state index contributed by atoms with van der Waals surface area (Å²) in [4.78, 5) is 10.9. The number of carbonyl (C=O) groups is 1. The fraction of sp³-hybridized carbons (Fsp3) is 0.250. The van der Waals surface area contributed by atoms with Gasteiger partial charge in [0.05, 0.1) is 0 Å². The summed E-state index contributed by atoms with van der Waals surface area (Å²) in [5, 5.41) is 8.95. The average molecular weight is 345 g/mol. The van der Waals surface area contributed by atoms with E-state index >= 15 is 0 Å². The van der Waals surface area contributed by atoms with Crippen LogP contribution in [0.2, 0.25) is 0 Å². The Balaban J connectivity index is 2.48. The van der Waals surface area contributed by atoms with E-state index in [2.05, 4.69) is 13.8 Å². The fourth-order valence-corrected chi connectivity index (χ4v) is 2.48. The van der Waals surface area contributed by atoms with Crippen LogP contribution in [0.1, 0.15) is 42.9 Å². The standard InChI is InChI=1S/C20H21F2NO2/c1-12(2)13-3-5-14(6-4-13)16(9-10-19(23)20(24)25)17-8-7-15(21)11-18(17)22/h3-9,11-12,19H,10,23H2,1-2H3,(H,24,25)/b16-9-/t19-/m0/s1. The topological polar surface area (TPSA) is 63.3 Å². The maximum Gasteiger partial charge on any atom is 0.320 e. The van der Waals surface area contributed by atoms with Gasteiger partial charge in [-0.25, -0.2) is 8.78 Å². The van der Waals surface area contributed by atoms with Crippen molar-refractivity contribution >= 4 is 11.5 Å². The Morgan fingerprint density at radius 3 is 2.32 bits per heavy atom. The molecule has 3 nitrogen and oxygen atoms in total. The summed E-state index contributed by atoms with van der Waals surface area (Å²) in [6.45, 7) is 4.13. The van der Waals surface area contributed by atoms with Crippen LogP contribution in [0.25, 0.3) is 5.57 Å². The molecule has 0 radical (unpaired) electrons. The third kappa shape index (κ3) is 4.73. The van der Waals surface area contributed by atoms with Crippen molar-refractivity contribution < 1.29 is 18.7 Å². The molecule has 0 unspecified atom stereocenters. The summed E-state index contributed by atoms with van der Waals surface area (Å²) in [6.07, 6.45) is 1.62. The van der Waals surface area contributed by atoms with Crippen LogP contribution in [-0.4, -0.2) is 17.1 Å². The van der Waals surface area contributed by atoms with Gasteiger partial charge in [-0.1, -0.05) is 44.2 Å². The zero-order chi connectivity index (χ0) is 18.6. The second kappa shape index (κ2) is 8.03. The van der Waals surface area contributed by atoms with Crippen molar-refractivity contribution in [3.63, 3.8) is 0 Å². The minimum atomic E-state index is -1.13. The normalized spacial score (nSPS) is 13.1. The summed E-state index contributed by atoms with van der Waals surface area (Å²) in [6, 6.07) is 9.80. The van der Waals surface area contributed by atoms with Crippen LogP contribution < -0.4 is 5.73 Å². The molecule has 0 fully saturated rings. The molecule has 3 N–H and O–H groups in total. The molecule has 0 aliphatic rings. The fourth-order valence-electron chi connectivity index (χ4n) is 2.48. The van der Waals surface area contributed by atoms with Crippen molar-refractivity contribution in [3.8, 4) is 0 Å². The van der Waals surface area contributed by atoms with E-state index in [0.29, 0.717) is 17.1 Å². The molecule has 0 amide bonds. The Hall–Kier alpha value is -2.53. The van der Waals surface area contributed by atoms with E-state index in [4.69, 9.17) is 10.8 Å². The summed E-state index contributed by atoms with van der Waals surface area (Å²) >= 11 is 0. The molecule has 0 aromatic heterocycles. The van der Waals surface area contributed by atoms with Gasteiger partial charge in [-0.15, -0.1) is 0 Å². The number of nitrogens with two attached hydrogens (primary N) is 1. The van der Waals surface area contributed by atoms with Gasteiger partial charge in [-0.05, 0) is 41.2 Å². The van der Waals surface area contributed by atoms with Crippen LogP contribution in [0.3, 0.4) is 0 Å². The highest BCUT2D eigenvalue weighted by Crippen LogP contribution is 2.28. The quantitative estimate of drug-likeness (QED) is 0.819. The zero-order valence-electron chi connectivity index (χ0n) is 14.2. The summed E-state index contributed by atoms with van der Waals surface area (Å²) in [5.41, 5.74) is 8.09. The lowest BCUT2D eigenvalue weighted by atomic mass is 9.93. The van der Waals surface area contributed by atoms with Crippen molar-refractivity contribution in [2.45, 2.75) is 32.2 Å². The molecule has 2 aromatic rings. The molecule has 2 rings (SSSR count). The van der Waals surface area contributed by atoms with E-state index in [1.807, 2.05) is 24.3 Å². The molecule has 0 saturated heterocycles. The second-order valence-electron chi connectivity index (χ2n) is 6.20. The van der Waals surface area contributed by atoms with E-state index < -0.39 is 23.6 Å². The molecular formula is C20H21F2NO2. The minimum Gasteiger partial charge on any atom is -0.480 e. The Morgan fingerprint density at radius 2 is 1.80 bits per heavy atom. The van der Waals surface area contributed by atoms with Crippen LogP contribution in [0.4, 0.5) is 8.78 Å². The molecule has 0 aliphatic heterocycles. The maximum absolute atomic E-state index is 14.2. The SMILES string of the molecule is CC(C)c1ccc(/C(=C/C[C@H](N)C(=O)O)c2ccc(F)cc2F)cc1. The number of aliphatic carboxylic acids is 1. The predicted octanol–water partition coefficient (Wildman–Crippen LogP) is 4.32. The number of carboxylic acid groups (broad SMARTS) is 1. The molecule has 132 valence electrons. The number of carboxylic acids is 1. The molecular weight excluding hydrogens is 324 g/mol. The third-order valence-corrected chi connectivity index (χ3v) is 4.00. The highest BCUT2D eigenvalue weighted by atomic mass is 19.1. The number of hydrogen-bond donors (Lipinski definition) is 2. The number of hydrogen-bond acceptors (Lipinski definition) is 2. The van der Waals surface area contributed by atoms with Crippen LogP contribution in [0, 0.1) is 11.6 Å². The first-order valence-corrected chi connectivity index (χ1v) is 8.04. The lowest BCUT2D eigenvalue weighted by molar-refractivity contribution is -0.138. The van der Waals surface area contributed by atoms with E-state index in [-0.39, 0.29) is 12.0 Å². The summed E-state index contributed by atoms with van der Waals surface area (Å²) < 4.78 is 27.5.